The second-order valence-corrected chi connectivity index (χ2v) is 6.46. The van der Waals surface area contributed by atoms with E-state index in [9.17, 15) is 0 Å². The van der Waals surface area contributed by atoms with Crippen LogP contribution in [-0.2, 0) is 25.9 Å². The Morgan fingerprint density at radius 2 is 2.12 bits per heavy atom. The summed E-state index contributed by atoms with van der Waals surface area (Å²) in [6, 6.07) is 4.39. The molecule has 1 N–H and O–H groups in total. The summed E-state index contributed by atoms with van der Waals surface area (Å²) in [6.07, 6.45) is 9.69. The molecular weight excluding hydrogens is 312 g/mol. The number of pyridine rings is 1. The third-order valence-electron chi connectivity index (χ3n) is 5.05. The van der Waals surface area contributed by atoms with Gasteiger partial charge in [-0.15, -0.1) is 0 Å². The molecule has 130 valence electrons. The number of nitrogens with one attached hydrogen (secondary N) is 1. The molecule has 0 spiro atoms. The van der Waals surface area contributed by atoms with Crippen molar-refractivity contribution in [2.45, 2.75) is 45.8 Å². The van der Waals surface area contributed by atoms with Gasteiger partial charge in [-0.2, -0.15) is 0 Å². The first-order chi connectivity index (χ1) is 12.3. The zero-order chi connectivity index (χ0) is 17.2. The third kappa shape index (κ3) is 2.98. The van der Waals surface area contributed by atoms with E-state index in [0.29, 0.717) is 0 Å². The number of imidazole rings is 2. The molecule has 4 rings (SSSR count). The standard InChI is InChI=1S/C19H24N6/c1-3-14-5-6-16(21-11-14)19-18-15(22-13-23-18)7-9-25(19)12-17-20-8-10-24(17)4-2/h5-6,8,10-11,13,19H,3-4,7,9,12H2,1-2H3,(H,22,23). The van der Waals surface area contributed by atoms with E-state index in [0.717, 1.165) is 49.7 Å². The summed E-state index contributed by atoms with van der Waals surface area (Å²) in [5.74, 6) is 1.09. The van der Waals surface area contributed by atoms with Gasteiger partial charge in [0.2, 0.25) is 0 Å². The van der Waals surface area contributed by atoms with Crippen molar-refractivity contribution in [1.82, 2.24) is 29.4 Å². The summed E-state index contributed by atoms with van der Waals surface area (Å²) >= 11 is 0. The zero-order valence-electron chi connectivity index (χ0n) is 14.8. The number of hydrogen-bond donors (Lipinski definition) is 1. The molecule has 1 aliphatic rings. The summed E-state index contributed by atoms with van der Waals surface area (Å²) in [6.45, 7) is 7.00. The molecule has 1 atom stereocenters. The quantitative estimate of drug-likeness (QED) is 0.778. The number of H-pyrrole nitrogens is 1. The summed E-state index contributed by atoms with van der Waals surface area (Å²) < 4.78 is 2.20. The normalized spacial score (nSPS) is 17.6. The van der Waals surface area contributed by atoms with Crippen LogP contribution in [0, 0.1) is 0 Å². The van der Waals surface area contributed by atoms with Gasteiger partial charge in [0.1, 0.15) is 5.82 Å². The maximum absolute atomic E-state index is 4.75. The molecule has 0 saturated heterocycles. The molecule has 0 aliphatic carbocycles. The Balaban J connectivity index is 1.69. The van der Waals surface area contributed by atoms with Crippen LogP contribution in [0.25, 0.3) is 0 Å². The van der Waals surface area contributed by atoms with Crippen molar-refractivity contribution in [3.63, 3.8) is 0 Å². The van der Waals surface area contributed by atoms with Crippen LogP contribution in [0.1, 0.15) is 48.4 Å². The van der Waals surface area contributed by atoms with Crippen molar-refractivity contribution in [2.24, 2.45) is 0 Å². The highest BCUT2D eigenvalue weighted by Crippen LogP contribution is 2.33. The molecule has 1 aliphatic heterocycles. The molecule has 1 unspecified atom stereocenters. The number of aryl methyl sites for hydroxylation is 2. The second kappa shape index (κ2) is 6.80. The van der Waals surface area contributed by atoms with Crippen LogP contribution in [0.2, 0.25) is 0 Å². The minimum absolute atomic E-state index is 0.0721. The van der Waals surface area contributed by atoms with Crippen LogP contribution in [-0.4, -0.2) is 35.9 Å². The highest BCUT2D eigenvalue weighted by atomic mass is 15.2. The highest BCUT2D eigenvalue weighted by Gasteiger charge is 2.32. The smallest absolute Gasteiger partial charge is 0.122 e. The molecule has 6 heteroatoms. The van der Waals surface area contributed by atoms with E-state index in [1.165, 1.54) is 11.3 Å². The van der Waals surface area contributed by atoms with Crippen LogP contribution in [0.4, 0.5) is 0 Å². The Labute approximate surface area is 148 Å². The van der Waals surface area contributed by atoms with E-state index < -0.39 is 0 Å². The molecule has 0 amide bonds. The summed E-state index contributed by atoms with van der Waals surface area (Å²) in [7, 11) is 0. The maximum Gasteiger partial charge on any atom is 0.122 e. The van der Waals surface area contributed by atoms with E-state index >= 15 is 0 Å². The number of rotatable bonds is 5. The van der Waals surface area contributed by atoms with E-state index in [1.807, 2.05) is 18.6 Å². The number of aromatic nitrogens is 5. The number of fused-ring (bicyclic) bond motifs is 1. The minimum Gasteiger partial charge on any atom is -0.348 e. The van der Waals surface area contributed by atoms with E-state index in [2.05, 4.69) is 50.4 Å². The Bertz CT molecular complexity index is 832. The molecule has 0 saturated carbocycles. The number of aromatic amines is 1. The molecule has 0 fully saturated rings. The monoisotopic (exact) mass is 336 g/mol. The van der Waals surface area contributed by atoms with Crippen LogP contribution in [0.3, 0.4) is 0 Å². The first-order valence-corrected chi connectivity index (χ1v) is 9.01. The maximum atomic E-state index is 4.75. The molecule has 4 heterocycles. The molecule has 3 aromatic rings. The second-order valence-electron chi connectivity index (χ2n) is 6.46. The first-order valence-electron chi connectivity index (χ1n) is 9.01. The Morgan fingerprint density at radius 3 is 2.88 bits per heavy atom. The minimum atomic E-state index is 0.0721. The fourth-order valence-corrected chi connectivity index (χ4v) is 3.59. The van der Waals surface area contributed by atoms with Crippen LogP contribution >= 0.6 is 0 Å². The molecule has 3 aromatic heterocycles. The largest absolute Gasteiger partial charge is 0.348 e. The van der Waals surface area contributed by atoms with Gasteiger partial charge in [0.25, 0.3) is 0 Å². The summed E-state index contributed by atoms with van der Waals surface area (Å²) in [5.41, 5.74) is 4.63. The molecule has 0 radical (unpaired) electrons. The topological polar surface area (TPSA) is 62.6 Å². The Morgan fingerprint density at radius 1 is 1.20 bits per heavy atom. The van der Waals surface area contributed by atoms with Crippen molar-refractivity contribution < 1.29 is 0 Å². The number of hydrogen-bond acceptors (Lipinski definition) is 4. The van der Waals surface area contributed by atoms with Gasteiger partial charge in [0.05, 0.1) is 30.3 Å². The lowest BCUT2D eigenvalue weighted by Gasteiger charge is -2.34. The van der Waals surface area contributed by atoms with E-state index in [4.69, 9.17) is 4.98 Å². The SMILES string of the molecule is CCc1ccc(C2c3nc[nH]c3CCN2Cc2nccn2CC)nc1. The number of nitrogens with zero attached hydrogens (tertiary/aromatic N) is 5. The van der Waals surface area contributed by atoms with Gasteiger partial charge in [-0.25, -0.2) is 9.97 Å². The predicted molar refractivity (Wildman–Crippen MR) is 96.1 cm³/mol. The molecular formula is C19H24N6. The molecule has 0 bridgehead atoms. The first kappa shape index (κ1) is 16.0. The van der Waals surface area contributed by atoms with Gasteiger partial charge in [0.15, 0.2) is 0 Å². The van der Waals surface area contributed by atoms with Gasteiger partial charge < -0.3 is 9.55 Å². The van der Waals surface area contributed by atoms with Crippen molar-refractivity contribution in [3.05, 3.63) is 65.5 Å². The lowest BCUT2D eigenvalue weighted by atomic mass is 9.98. The fraction of sp³-hybridized carbons (Fsp3) is 0.421. The zero-order valence-corrected chi connectivity index (χ0v) is 14.8. The van der Waals surface area contributed by atoms with Crippen molar-refractivity contribution in [1.29, 1.82) is 0 Å². The fourth-order valence-electron chi connectivity index (χ4n) is 3.59. The third-order valence-corrected chi connectivity index (χ3v) is 5.05. The van der Waals surface area contributed by atoms with Gasteiger partial charge in [-0.05, 0) is 25.0 Å². The lowest BCUT2D eigenvalue weighted by molar-refractivity contribution is 0.189. The van der Waals surface area contributed by atoms with Crippen molar-refractivity contribution in [2.75, 3.05) is 6.54 Å². The average molecular weight is 336 g/mol. The summed E-state index contributed by atoms with van der Waals surface area (Å²) in [5, 5.41) is 0. The van der Waals surface area contributed by atoms with Gasteiger partial charge >= 0.3 is 0 Å². The van der Waals surface area contributed by atoms with Crippen molar-refractivity contribution in [3.8, 4) is 0 Å². The molecule has 6 nitrogen and oxygen atoms in total. The highest BCUT2D eigenvalue weighted by molar-refractivity contribution is 5.30. The van der Waals surface area contributed by atoms with Gasteiger partial charge in [-0.1, -0.05) is 13.0 Å². The molecule has 25 heavy (non-hydrogen) atoms. The lowest BCUT2D eigenvalue weighted by Crippen LogP contribution is -2.37. The Hall–Kier alpha value is -2.47. The van der Waals surface area contributed by atoms with Crippen LogP contribution in [0.15, 0.2) is 37.1 Å². The summed E-state index contributed by atoms with van der Waals surface area (Å²) in [4.78, 5) is 19.7. The van der Waals surface area contributed by atoms with Gasteiger partial charge in [0, 0.05) is 43.8 Å². The molecule has 0 aromatic carbocycles. The van der Waals surface area contributed by atoms with Crippen LogP contribution < -0.4 is 0 Å². The Kier molecular flexibility index (Phi) is 4.36. The predicted octanol–water partition coefficient (Wildman–Crippen LogP) is 2.73. The van der Waals surface area contributed by atoms with E-state index in [1.54, 1.807) is 6.33 Å². The van der Waals surface area contributed by atoms with Crippen molar-refractivity contribution >= 4 is 0 Å². The van der Waals surface area contributed by atoms with E-state index in [-0.39, 0.29) is 6.04 Å². The van der Waals surface area contributed by atoms with Gasteiger partial charge in [-0.3, -0.25) is 9.88 Å². The average Bonchev–Trinajstić information content (AvgIpc) is 3.30. The van der Waals surface area contributed by atoms with Crippen LogP contribution in [0.5, 0.6) is 0 Å².